The molecule has 0 amide bonds. The number of ether oxygens (including phenoxy) is 3. The maximum atomic E-state index is 12.6. The zero-order chi connectivity index (χ0) is 17.9. The second-order valence-electron chi connectivity index (χ2n) is 5.01. The minimum atomic E-state index is -3.93. The molecule has 25 heavy (non-hydrogen) atoms. The van der Waals surface area contributed by atoms with Crippen LogP contribution in [0.15, 0.2) is 58.5 Å². The van der Waals surface area contributed by atoms with Gasteiger partial charge in [0.2, 0.25) is 16.6 Å². The van der Waals surface area contributed by atoms with Crippen molar-refractivity contribution >= 4 is 15.5 Å². The predicted molar refractivity (Wildman–Crippen MR) is 90.1 cm³/mol. The Morgan fingerprint density at radius 3 is 2.60 bits per heavy atom. The molecular weight excluding hydrogens is 344 g/mol. The van der Waals surface area contributed by atoms with Crippen LogP contribution in [0.5, 0.6) is 17.2 Å². The standard InChI is InChI=1S/C17H14N2O5S/c1-22-13-3-5-14(6-4-13)25(20,21)15(9-18)10-19-12-2-7-16-17(8-12)24-11-23-16/h2-8,10,19H,11H2,1H3/b15-10-. The third-order valence-electron chi connectivity index (χ3n) is 3.51. The minimum Gasteiger partial charge on any atom is -0.497 e. The summed E-state index contributed by atoms with van der Waals surface area (Å²) in [6.45, 7) is 0.143. The Kier molecular flexibility index (Phi) is 4.50. The van der Waals surface area contributed by atoms with Crippen LogP contribution in [0, 0.1) is 11.3 Å². The molecule has 0 radical (unpaired) electrons. The topological polar surface area (TPSA) is 97.7 Å². The van der Waals surface area contributed by atoms with E-state index < -0.39 is 14.7 Å². The summed E-state index contributed by atoms with van der Waals surface area (Å²) in [7, 11) is -2.45. The average Bonchev–Trinajstić information content (AvgIpc) is 3.10. The molecular formula is C17H14N2O5S. The van der Waals surface area contributed by atoms with Gasteiger partial charge in [0.25, 0.3) is 0 Å². The lowest BCUT2D eigenvalue weighted by Crippen LogP contribution is -2.05. The molecule has 1 heterocycles. The van der Waals surface area contributed by atoms with Crippen LogP contribution < -0.4 is 19.5 Å². The molecule has 1 aliphatic rings. The van der Waals surface area contributed by atoms with Gasteiger partial charge in [0.15, 0.2) is 16.4 Å². The third kappa shape index (κ3) is 3.36. The maximum Gasteiger partial charge on any atom is 0.231 e. The van der Waals surface area contributed by atoms with Gasteiger partial charge in [0, 0.05) is 18.0 Å². The van der Waals surface area contributed by atoms with Gasteiger partial charge >= 0.3 is 0 Å². The average molecular weight is 358 g/mol. The fourth-order valence-corrected chi connectivity index (χ4v) is 3.27. The van der Waals surface area contributed by atoms with Crippen molar-refractivity contribution in [1.29, 1.82) is 5.26 Å². The van der Waals surface area contributed by atoms with Crippen molar-refractivity contribution < 1.29 is 22.6 Å². The SMILES string of the molecule is COc1ccc(S(=O)(=O)/C(C#N)=C\Nc2ccc3c(c2)OCO3)cc1. The van der Waals surface area contributed by atoms with Gasteiger partial charge in [0.05, 0.1) is 12.0 Å². The summed E-state index contributed by atoms with van der Waals surface area (Å²) in [5.74, 6) is 1.69. The first-order valence-electron chi connectivity index (χ1n) is 7.20. The van der Waals surface area contributed by atoms with Gasteiger partial charge < -0.3 is 19.5 Å². The number of nitriles is 1. The summed E-state index contributed by atoms with van der Waals surface area (Å²) in [6.07, 6.45) is 1.15. The number of benzene rings is 2. The number of fused-ring (bicyclic) bond motifs is 1. The summed E-state index contributed by atoms with van der Waals surface area (Å²) in [5.41, 5.74) is 0.571. The van der Waals surface area contributed by atoms with E-state index in [1.54, 1.807) is 24.3 Å². The molecule has 2 aromatic rings. The zero-order valence-corrected chi connectivity index (χ0v) is 14.0. The number of methoxy groups -OCH3 is 1. The Bertz CT molecular complexity index is 960. The summed E-state index contributed by atoms with van der Waals surface area (Å²) in [4.78, 5) is -0.399. The van der Waals surface area contributed by atoms with E-state index in [1.807, 2.05) is 0 Å². The summed E-state index contributed by atoms with van der Waals surface area (Å²) in [5, 5.41) is 12.0. The van der Waals surface area contributed by atoms with E-state index in [4.69, 9.17) is 14.2 Å². The van der Waals surface area contributed by atoms with Crippen LogP contribution >= 0.6 is 0 Å². The Labute approximate surface area is 145 Å². The second-order valence-corrected chi connectivity index (χ2v) is 6.93. The number of nitrogens with one attached hydrogen (secondary N) is 1. The Balaban J connectivity index is 1.85. The Hall–Kier alpha value is -3.18. The number of rotatable bonds is 5. The number of nitrogens with zero attached hydrogens (tertiary/aromatic N) is 1. The van der Waals surface area contributed by atoms with Crippen LogP contribution in [0.3, 0.4) is 0 Å². The molecule has 1 N–H and O–H groups in total. The molecule has 0 spiro atoms. The predicted octanol–water partition coefficient (Wildman–Crippen LogP) is 2.67. The third-order valence-corrected chi connectivity index (χ3v) is 5.19. The van der Waals surface area contributed by atoms with Gasteiger partial charge in [-0.25, -0.2) is 8.42 Å². The van der Waals surface area contributed by atoms with Gasteiger partial charge in [0.1, 0.15) is 11.8 Å². The van der Waals surface area contributed by atoms with E-state index in [0.29, 0.717) is 22.9 Å². The number of hydrogen-bond donors (Lipinski definition) is 1. The largest absolute Gasteiger partial charge is 0.497 e. The first kappa shape index (κ1) is 16.7. The first-order valence-corrected chi connectivity index (χ1v) is 8.68. The van der Waals surface area contributed by atoms with Crippen LogP contribution in [-0.4, -0.2) is 22.3 Å². The van der Waals surface area contributed by atoms with E-state index in [9.17, 15) is 13.7 Å². The molecule has 2 aromatic carbocycles. The number of hydrogen-bond acceptors (Lipinski definition) is 7. The number of sulfone groups is 1. The smallest absolute Gasteiger partial charge is 0.231 e. The fourth-order valence-electron chi connectivity index (χ4n) is 2.19. The number of allylic oxidation sites excluding steroid dienone is 1. The summed E-state index contributed by atoms with van der Waals surface area (Å²) < 4.78 is 40.6. The normalized spacial score (nSPS) is 13.2. The van der Waals surface area contributed by atoms with Gasteiger partial charge in [-0.1, -0.05) is 0 Å². The van der Waals surface area contributed by atoms with Crippen LogP contribution in [0.2, 0.25) is 0 Å². The van der Waals surface area contributed by atoms with Crippen LogP contribution in [0.1, 0.15) is 0 Å². The maximum absolute atomic E-state index is 12.6. The lowest BCUT2D eigenvalue weighted by atomic mass is 10.3. The highest BCUT2D eigenvalue weighted by Crippen LogP contribution is 2.34. The highest BCUT2D eigenvalue weighted by Gasteiger charge is 2.21. The fraction of sp³-hybridized carbons (Fsp3) is 0.118. The van der Waals surface area contributed by atoms with E-state index in [2.05, 4.69) is 5.32 Å². The molecule has 1 aliphatic heterocycles. The molecule has 0 unspecified atom stereocenters. The van der Waals surface area contributed by atoms with Crippen molar-refractivity contribution in [3.05, 3.63) is 53.6 Å². The van der Waals surface area contributed by atoms with Crippen molar-refractivity contribution in [1.82, 2.24) is 0 Å². The molecule has 0 fully saturated rings. The highest BCUT2D eigenvalue weighted by atomic mass is 32.2. The van der Waals surface area contributed by atoms with Gasteiger partial charge in [-0.2, -0.15) is 5.26 Å². The molecule has 3 rings (SSSR count). The summed E-state index contributed by atoms with van der Waals surface area (Å²) in [6, 6.07) is 12.6. The van der Waals surface area contributed by atoms with E-state index >= 15 is 0 Å². The monoisotopic (exact) mass is 358 g/mol. The quantitative estimate of drug-likeness (QED) is 0.821. The molecule has 0 saturated heterocycles. The van der Waals surface area contributed by atoms with Gasteiger partial charge in [-0.15, -0.1) is 0 Å². The van der Waals surface area contributed by atoms with Crippen molar-refractivity contribution in [2.75, 3.05) is 19.2 Å². The summed E-state index contributed by atoms with van der Waals surface area (Å²) >= 11 is 0. The Morgan fingerprint density at radius 2 is 1.92 bits per heavy atom. The van der Waals surface area contributed by atoms with E-state index in [1.165, 1.54) is 31.4 Å². The Morgan fingerprint density at radius 1 is 1.20 bits per heavy atom. The van der Waals surface area contributed by atoms with E-state index in [0.717, 1.165) is 6.20 Å². The van der Waals surface area contributed by atoms with Crippen molar-refractivity contribution in [2.24, 2.45) is 0 Å². The molecule has 0 aliphatic carbocycles. The van der Waals surface area contributed by atoms with E-state index in [-0.39, 0.29) is 11.7 Å². The molecule has 0 bridgehead atoms. The molecule has 8 heteroatoms. The van der Waals surface area contributed by atoms with Crippen molar-refractivity contribution in [2.45, 2.75) is 4.90 Å². The molecule has 0 atom stereocenters. The zero-order valence-electron chi connectivity index (χ0n) is 13.2. The van der Waals surface area contributed by atoms with Crippen LogP contribution in [0.25, 0.3) is 0 Å². The minimum absolute atomic E-state index is 0.00795. The second kappa shape index (κ2) is 6.75. The van der Waals surface area contributed by atoms with Crippen LogP contribution in [0.4, 0.5) is 5.69 Å². The van der Waals surface area contributed by atoms with Crippen molar-refractivity contribution in [3.63, 3.8) is 0 Å². The van der Waals surface area contributed by atoms with Crippen LogP contribution in [-0.2, 0) is 9.84 Å². The van der Waals surface area contributed by atoms with Crippen molar-refractivity contribution in [3.8, 4) is 23.3 Å². The molecule has 128 valence electrons. The molecule has 0 saturated carbocycles. The van der Waals surface area contributed by atoms with Gasteiger partial charge in [-0.05, 0) is 36.4 Å². The first-order chi connectivity index (χ1) is 12.0. The van der Waals surface area contributed by atoms with Gasteiger partial charge in [-0.3, -0.25) is 0 Å². The highest BCUT2D eigenvalue weighted by molar-refractivity contribution is 7.95. The molecule has 7 nitrogen and oxygen atoms in total. The molecule has 0 aromatic heterocycles. The lowest BCUT2D eigenvalue weighted by molar-refractivity contribution is 0.174. The number of anilines is 1. The lowest BCUT2D eigenvalue weighted by Gasteiger charge is -2.06.